The lowest BCUT2D eigenvalue weighted by Gasteiger charge is -2.01. The molecule has 0 aliphatic carbocycles. The molecule has 0 saturated carbocycles. The van der Waals surface area contributed by atoms with Crippen molar-refractivity contribution in [2.75, 3.05) is 6.54 Å². The number of thiazole rings is 1. The molecule has 0 bridgehead atoms. The molecule has 0 spiro atoms. The predicted octanol–water partition coefficient (Wildman–Crippen LogP) is 3.24. The number of hydrogen-bond donors (Lipinski definition) is 1. The number of amides is 1. The zero-order valence-corrected chi connectivity index (χ0v) is 12.8. The lowest BCUT2D eigenvalue weighted by Crippen LogP contribution is -2.24. The van der Waals surface area contributed by atoms with Gasteiger partial charge < -0.3 is 5.32 Å². The van der Waals surface area contributed by atoms with Gasteiger partial charge in [-0.25, -0.2) is 4.98 Å². The highest BCUT2D eigenvalue weighted by molar-refractivity contribution is 7.12. The van der Waals surface area contributed by atoms with Crippen molar-refractivity contribution in [1.29, 1.82) is 0 Å². The Hall–Kier alpha value is -2.05. The molecule has 0 atom stereocenters. The van der Waals surface area contributed by atoms with Crippen molar-refractivity contribution < 1.29 is 4.79 Å². The molecule has 1 amide bonds. The van der Waals surface area contributed by atoms with Crippen molar-refractivity contribution in [3.63, 3.8) is 0 Å². The maximum absolute atomic E-state index is 11.8. The van der Waals surface area contributed by atoms with Gasteiger partial charge in [0.2, 0.25) is 0 Å². The Balaban J connectivity index is 1.55. The van der Waals surface area contributed by atoms with Crippen molar-refractivity contribution in [3.8, 4) is 11.4 Å². The fourth-order valence-electron chi connectivity index (χ4n) is 1.84. The van der Waals surface area contributed by atoms with Gasteiger partial charge in [-0.1, -0.05) is 12.1 Å². The van der Waals surface area contributed by atoms with Gasteiger partial charge in [0, 0.05) is 24.5 Å². The standard InChI is InChI=1S/C15H13N3OS2/c19-15(13-5-3-9-20-13)17-8-6-14-18-12(10-21-14)11-4-1-2-7-16-11/h1-5,7,9-10H,6,8H2,(H,17,19). The predicted molar refractivity (Wildman–Crippen MR) is 85.7 cm³/mol. The van der Waals surface area contributed by atoms with Crippen LogP contribution in [-0.4, -0.2) is 22.4 Å². The molecule has 1 N–H and O–H groups in total. The Kier molecular flexibility index (Phi) is 4.37. The van der Waals surface area contributed by atoms with Crippen LogP contribution < -0.4 is 5.32 Å². The second-order valence-electron chi connectivity index (χ2n) is 4.32. The lowest BCUT2D eigenvalue weighted by atomic mass is 10.3. The minimum atomic E-state index is -0.0218. The normalized spacial score (nSPS) is 10.5. The van der Waals surface area contributed by atoms with Crippen LogP contribution in [-0.2, 0) is 6.42 Å². The van der Waals surface area contributed by atoms with Crippen LogP contribution in [0.2, 0.25) is 0 Å². The van der Waals surface area contributed by atoms with E-state index in [9.17, 15) is 4.79 Å². The highest BCUT2D eigenvalue weighted by Gasteiger charge is 2.08. The van der Waals surface area contributed by atoms with Gasteiger partial charge in [0.1, 0.15) is 0 Å². The smallest absolute Gasteiger partial charge is 0.261 e. The summed E-state index contributed by atoms with van der Waals surface area (Å²) in [6.45, 7) is 0.589. The molecule has 3 rings (SSSR count). The Morgan fingerprint density at radius 3 is 2.86 bits per heavy atom. The molecule has 21 heavy (non-hydrogen) atoms. The summed E-state index contributed by atoms with van der Waals surface area (Å²) in [5.41, 5.74) is 1.77. The Morgan fingerprint density at radius 2 is 2.10 bits per heavy atom. The van der Waals surface area contributed by atoms with E-state index in [1.165, 1.54) is 11.3 Å². The van der Waals surface area contributed by atoms with Crippen LogP contribution in [0.3, 0.4) is 0 Å². The fraction of sp³-hybridized carbons (Fsp3) is 0.133. The number of carbonyl (C=O) groups is 1. The first kappa shape index (κ1) is 13.9. The Bertz CT molecular complexity index is 708. The molecule has 0 aliphatic heterocycles. The van der Waals surface area contributed by atoms with Gasteiger partial charge >= 0.3 is 0 Å². The van der Waals surface area contributed by atoms with Crippen molar-refractivity contribution in [1.82, 2.24) is 15.3 Å². The van der Waals surface area contributed by atoms with Gasteiger partial charge in [0.25, 0.3) is 5.91 Å². The van der Waals surface area contributed by atoms with E-state index in [1.54, 1.807) is 17.5 Å². The van der Waals surface area contributed by atoms with Crippen molar-refractivity contribution in [2.24, 2.45) is 0 Å². The second kappa shape index (κ2) is 6.60. The lowest BCUT2D eigenvalue weighted by molar-refractivity contribution is 0.0958. The molecule has 3 aromatic rings. The molecule has 0 aliphatic rings. The van der Waals surface area contributed by atoms with E-state index in [1.807, 2.05) is 41.1 Å². The number of carbonyl (C=O) groups excluding carboxylic acids is 1. The number of thiophene rings is 1. The molecular weight excluding hydrogens is 302 g/mol. The summed E-state index contributed by atoms with van der Waals surface area (Å²) in [4.78, 5) is 21.4. The molecule has 0 unspecified atom stereocenters. The molecule has 0 saturated heterocycles. The van der Waals surface area contributed by atoms with Crippen molar-refractivity contribution in [2.45, 2.75) is 6.42 Å². The van der Waals surface area contributed by atoms with Crippen molar-refractivity contribution >= 4 is 28.6 Å². The first-order chi connectivity index (χ1) is 10.3. The summed E-state index contributed by atoms with van der Waals surface area (Å²) >= 11 is 3.04. The molecule has 0 radical (unpaired) electrons. The highest BCUT2D eigenvalue weighted by Crippen LogP contribution is 2.19. The molecule has 0 fully saturated rings. The molecule has 4 nitrogen and oxygen atoms in total. The third-order valence-electron chi connectivity index (χ3n) is 2.85. The van der Waals surface area contributed by atoms with Crippen molar-refractivity contribution in [3.05, 3.63) is 57.2 Å². The molecule has 3 heterocycles. The van der Waals surface area contributed by atoms with Gasteiger partial charge in [0.05, 0.1) is 21.3 Å². The number of aromatic nitrogens is 2. The van der Waals surface area contributed by atoms with Crippen LogP contribution in [0, 0.1) is 0 Å². The highest BCUT2D eigenvalue weighted by atomic mass is 32.1. The number of nitrogens with one attached hydrogen (secondary N) is 1. The summed E-state index contributed by atoms with van der Waals surface area (Å²) in [5.74, 6) is -0.0218. The molecule has 106 valence electrons. The van der Waals surface area contributed by atoms with Crippen LogP contribution in [0.25, 0.3) is 11.4 Å². The van der Waals surface area contributed by atoms with E-state index >= 15 is 0 Å². The first-order valence-electron chi connectivity index (χ1n) is 6.50. The Morgan fingerprint density at radius 1 is 1.14 bits per heavy atom. The summed E-state index contributed by atoms with van der Waals surface area (Å²) in [5, 5.41) is 7.80. The largest absolute Gasteiger partial charge is 0.351 e. The average molecular weight is 315 g/mol. The Labute approximate surface area is 130 Å². The first-order valence-corrected chi connectivity index (χ1v) is 8.26. The quantitative estimate of drug-likeness (QED) is 0.786. The molecule has 6 heteroatoms. The topological polar surface area (TPSA) is 54.9 Å². The summed E-state index contributed by atoms with van der Waals surface area (Å²) in [6, 6.07) is 9.47. The van der Waals surface area contributed by atoms with E-state index < -0.39 is 0 Å². The number of rotatable bonds is 5. The zero-order chi connectivity index (χ0) is 14.5. The second-order valence-corrected chi connectivity index (χ2v) is 6.22. The van der Waals surface area contributed by atoms with Gasteiger partial charge in [-0.05, 0) is 23.6 Å². The van der Waals surface area contributed by atoms with E-state index in [4.69, 9.17) is 0 Å². The van der Waals surface area contributed by atoms with Gasteiger partial charge in [-0.3, -0.25) is 9.78 Å². The SMILES string of the molecule is O=C(NCCc1nc(-c2ccccn2)cs1)c1cccs1. The number of nitrogens with zero attached hydrogens (tertiary/aromatic N) is 2. The summed E-state index contributed by atoms with van der Waals surface area (Å²) in [6.07, 6.45) is 2.49. The average Bonchev–Trinajstić information content (AvgIpc) is 3.20. The zero-order valence-electron chi connectivity index (χ0n) is 11.2. The summed E-state index contributed by atoms with van der Waals surface area (Å²) < 4.78 is 0. The molecular formula is C15H13N3OS2. The van der Waals surface area contributed by atoms with Crippen LogP contribution in [0.5, 0.6) is 0 Å². The van der Waals surface area contributed by atoms with Gasteiger partial charge in [-0.2, -0.15) is 0 Å². The maximum atomic E-state index is 11.8. The van der Waals surface area contributed by atoms with Crippen LogP contribution in [0.1, 0.15) is 14.7 Å². The third kappa shape index (κ3) is 3.53. The minimum absolute atomic E-state index is 0.0218. The minimum Gasteiger partial charge on any atom is -0.351 e. The summed E-state index contributed by atoms with van der Waals surface area (Å²) in [7, 11) is 0. The van der Waals surface area contributed by atoms with E-state index in [2.05, 4.69) is 15.3 Å². The number of pyridine rings is 1. The maximum Gasteiger partial charge on any atom is 0.261 e. The van der Waals surface area contributed by atoms with Gasteiger partial charge in [-0.15, -0.1) is 22.7 Å². The van der Waals surface area contributed by atoms with Gasteiger partial charge in [0.15, 0.2) is 0 Å². The molecule has 0 aromatic carbocycles. The van der Waals surface area contributed by atoms with E-state index in [0.29, 0.717) is 6.54 Å². The molecule has 3 aromatic heterocycles. The third-order valence-corrected chi connectivity index (χ3v) is 4.63. The van der Waals surface area contributed by atoms with E-state index in [-0.39, 0.29) is 5.91 Å². The number of hydrogen-bond acceptors (Lipinski definition) is 5. The van der Waals surface area contributed by atoms with Crippen LogP contribution in [0.4, 0.5) is 0 Å². The fourth-order valence-corrected chi connectivity index (χ4v) is 3.27. The van der Waals surface area contributed by atoms with E-state index in [0.717, 1.165) is 27.7 Å². The monoisotopic (exact) mass is 315 g/mol. The van der Waals surface area contributed by atoms with Crippen LogP contribution >= 0.6 is 22.7 Å². The van der Waals surface area contributed by atoms with Crippen LogP contribution in [0.15, 0.2) is 47.3 Å².